The molecule has 1 aromatic heterocycles. The second kappa shape index (κ2) is 8.93. The third-order valence-electron chi connectivity index (χ3n) is 3.23. The first kappa shape index (κ1) is 18.6. The van der Waals surface area contributed by atoms with E-state index in [1.54, 1.807) is 12.1 Å². The quantitative estimate of drug-likeness (QED) is 0.425. The SMILES string of the molecule is Cc1ccc(C)c(SCC(=O)NNC(=O)C(=O)NCc2ccco2)c1. The smallest absolute Gasteiger partial charge is 0.327 e. The number of furan rings is 1. The molecule has 7 nitrogen and oxygen atoms in total. The number of carbonyl (C=O) groups excluding carboxylic acids is 3. The summed E-state index contributed by atoms with van der Waals surface area (Å²) in [5.74, 6) is -1.57. The first-order valence-corrected chi connectivity index (χ1v) is 8.53. The van der Waals surface area contributed by atoms with Crippen LogP contribution in [0.1, 0.15) is 16.9 Å². The highest BCUT2D eigenvalue weighted by atomic mass is 32.2. The van der Waals surface area contributed by atoms with E-state index in [9.17, 15) is 14.4 Å². The number of hydrogen-bond donors (Lipinski definition) is 3. The van der Waals surface area contributed by atoms with E-state index in [0.717, 1.165) is 16.0 Å². The highest BCUT2D eigenvalue weighted by molar-refractivity contribution is 8.00. The second-order valence-corrected chi connectivity index (χ2v) is 6.34. The molecule has 0 aliphatic heterocycles. The van der Waals surface area contributed by atoms with Crippen LogP contribution in [0.25, 0.3) is 0 Å². The standard InChI is InChI=1S/C17H19N3O4S/c1-11-5-6-12(2)14(8-11)25-10-15(21)19-20-17(23)16(22)18-9-13-4-3-7-24-13/h3-8H,9-10H2,1-2H3,(H,18,22)(H,19,21)(H,20,23). The predicted octanol–water partition coefficient (Wildman–Crippen LogP) is 1.45. The monoisotopic (exact) mass is 361 g/mol. The molecule has 2 rings (SSSR count). The van der Waals surface area contributed by atoms with Crippen LogP contribution in [0.5, 0.6) is 0 Å². The molecule has 1 aromatic carbocycles. The Balaban J connectivity index is 1.70. The minimum Gasteiger partial charge on any atom is -0.467 e. The lowest BCUT2D eigenvalue weighted by molar-refractivity contribution is -0.140. The molecule has 3 amide bonds. The van der Waals surface area contributed by atoms with Gasteiger partial charge >= 0.3 is 11.8 Å². The fourth-order valence-corrected chi connectivity index (χ4v) is 2.81. The van der Waals surface area contributed by atoms with Crippen LogP contribution in [-0.4, -0.2) is 23.5 Å². The van der Waals surface area contributed by atoms with Gasteiger partial charge < -0.3 is 9.73 Å². The molecule has 3 N–H and O–H groups in total. The Morgan fingerprint density at radius 3 is 2.60 bits per heavy atom. The molecule has 0 radical (unpaired) electrons. The molecule has 0 bridgehead atoms. The Kier molecular flexibility index (Phi) is 6.64. The Labute approximate surface area is 149 Å². The van der Waals surface area contributed by atoms with E-state index < -0.39 is 17.7 Å². The highest BCUT2D eigenvalue weighted by Gasteiger charge is 2.14. The lowest BCUT2D eigenvalue weighted by Crippen LogP contribution is -2.48. The maximum Gasteiger partial charge on any atom is 0.327 e. The van der Waals surface area contributed by atoms with Gasteiger partial charge in [0.2, 0.25) is 5.91 Å². The van der Waals surface area contributed by atoms with Gasteiger partial charge in [0, 0.05) is 4.90 Å². The van der Waals surface area contributed by atoms with E-state index in [0.29, 0.717) is 5.76 Å². The zero-order valence-electron chi connectivity index (χ0n) is 13.9. The molecule has 1 heterocycles. The second-order valence-electron chi connectivity index (χ2n) is 5.32. The lowest BCUT2D eigenvalue weighted by Gasteiger charge is -2.09. The van der Waals surface area contributed by atoms with Crippen molar-refractivity contribution in [3.8, 4) is 0 Å². The van der Waals surface area contributed by atoms with Crippen LogP contribution in [0, 0.1) is 13.8 Å². The number of benzene rings is 1. The molecule has 2 aromatic rings. The highest BCUT2D eigenvalue weighted by Crippen LogP contribution is 2.23. The summed E-state index contributed by atoms with van der Waals surface area (Å²) < 4.78 is 5.03. The summed E-state index contributed by atoms with van der Waals surface area (Å²) in [5, 5.41) is 2.38. The molecule has 0 atom stereocenters. The minimum absolute atomic E-state index is 0.0929. The van der Waals surface area contributed by atoms with Crippen molar-refractivity contribution in [2.24, 2.45) is 0 Å². The number of hydrazine groups is 1. The van der Waals surface area contributed by atoms with Gasteiger partial charge in [-0.25, -0.2) is 0 Å². The largest absolute Gasteiger partial charge is 0.467 e. The van der Waals surface area contributed by atoms with Crippen LogP contribution in [0.3, 0.4) is 0 Å². The Bertz CT molecular complexity index is 759. The molecule has 0 saturated carbocycles. The molecule has 0 unspecified atom stereocenters. The maximum atomic E-state index is 11.8. The van der Waals surface area contributed by atoms with Gasteiger partial charge in [-0.3, -0.25) is 25.2 Å². The summed E-state index contributed by atoms with van der Waals surface area (Å²) in [5.41, 5.74) is 6.48. The van der Waals surface area contributed by atoms with Gasteiger partial charge in [0.25, 0.3) is 0 Å². The van der Waals surface area contributed by atoms with E-state index >= 15 is 0 Å². The van der Waals surface area contributed by atoms with Crippen LogP contribution >= 0.6 is 11.8 Å². The van der Waals surface area contributed by atoms with Crippen molar-refractivity contribution in [3.63, 3.8) is 0 Å². The van der Waals surface area contributed by atoms with Crippen molar-refractivity contribution in [3.05, 3.63) is 53.5 Å². The summed E-state index contributed by atoms with van der Waals surface area (Å²) in [6.45, 7) is 4.03. The van der Waals surface area contributed by atoms with E-state index in [1.165, 1.54) is 18.0 Å². The van der Waals surface area contributed by atoms with E-state index in [4.69, 9.17) is 4.42 Å². The topological polar surface area (TPSA) is 100 Å². The molecule has 0 fully saturated rings. The average molecular weight is 361 g/mol. The Morgan fingerprint density at radius 1 is 1.08 bits per heavy atom. The fraction of sp³-hybridized carbons (Fsp3) is 0.235. The van der Waals surface area contributed by atoms with Gasteiger partial charge in [-0.05, 0) is 37.6 Å². The Hall–Kier alpha value is -2.74. The zero-order valence-corrected chi connectivity index (χ0v) is 14.7. The molecule has 0 saturated heterocycles. The molecule has 0 aliphatic rings. The van der Waals surface area contributed by atoms with Crippen molar-refractivity contribution < 1.29 is 18.8 Å². The van der Waals surface area contributed by atoms with Crippen LogP contribution in [0.2, 0.25) is 0 Å². The number of nitrogens with one attached hydrogen (secondary N) is 3. The van der Waals surface area contributed by atoms with Crippen molar-refractivity contribution in [1.82, 2.24) is 16.2 Å². The van der Waals surface area contributed by atoms with Gasteiger partial charge in [-0.2, -0.15) is 0 Å². The van der Waals surface area contributed by atoms with Gasteiger partial charge in [0.1, 0.15) is 5.76 Å². The zero-order chi connectivity index (χ0) is 18.2. The Morgan fingerprint density at radius 2 is 1.88 bits per heavy atom. The predicted molar refractivity (Wildman–Crippen MR) is 93.5 cm³/mol. The van der Waals surface area contributed by atoms with Gasteiger partial charge in [0.15, 0.2) is 0 Å². The van der Waals surface area contributed by atoms with E-state index in [-0.39, 0.29) is 12.3 Å². The van der Waals surface area contributed by atoms with Crippen LogP contribution in [0.15, 0.2) is 45.9 Å². The molecule has 0 spiro atoms. The first-order valence-electron chi connectivity index (χ1n) is 7.55. The summed E-state index contributed by atoms with van der Waals surface area (Å²) in [6, 6.07) is 9.33. The average Bonchev–Trinajstić information content (AvgIpc) is 3.11. The van der Waals surface area contributed by atoms with Crippen molar-refractivity contribution in [2.75, 3.05) is 5.75 Å². The summed E-state index contributed by atoms with van der Waals surface area (Å²) >= 11 is 1.36. The van der Waals surface area contributed by atoms with Crippen LogP contribution < -0.4 is 16.2 Å². The molecule has 132 valence electrons. The minimum atomic E-state index is -0.948. The van der Waals surface area contributed by atoms with E-state index in [1.807, 2.05) is 32.0 Å². The third-order valence-corrected chi connectivity index (χ3v) is 4.38. The van der Waals surface area contributed by atoms with Crippen molar-refractivity contribution >= 4 is 29.5 Å². The van der Waals surface area contributed by atoms with E-state index in [2.05, 4.69) is 16.2 Å². The maximum absolute atomic E-state index is 11.8. The number of rotatable bonds is 5. The normalized spacial score (nSPS) is 10.2. The van der Waals surface area contributed by atoms with Gasteiger partial charge in [0.05, 0.1) is 18.6 Å². The number of thioether (sulfide) groups is 1. The first-order chi connectivity index (χ1) is 12.0. The molecule has 25 heavy (non-hydrogen) atoms. The third kappa shape index (κ3) is 6.00. The summed E-state index contributed by atoms with van der Waals surface area (Å²) in [7, 11) is 0. The van der Waals surface area contributed by atoms with Crippen molar-refractivity contribution in [2.45, 2.75) is 25.3 Å². The number of amides is 3. The number of aryl methyl sites for hydroxylation is 2. The van der Waals surface area contributed by atoms with Gasteiger partial charge in [-0.1, -0.05) is 17.7 Å². The molecule has 0 aliphatic carbocycles. The van der Waals surface area contributed by atoms with Gasteiger partial charge in [-0.15, -0.1) is 11.8 Å². The van der Waals surface area contributed by atoms with Crippen LogP contribution in [-0.2, 0) is 20.9 Å². The summed E-state index contributed by atoms with van der Waals surface area (Å²) in [6.07, 6.45) is 1.47. The van der Waals surface area contributed by atoms with Crippen molar-refractivity contribution in [1.29, 1.82) is 0 Å². The van der Waals surface area contributed by atoms with Crippen LogP contribution in [0.4, 0.5) is 0 Å². The number of carbonyl (C=O) groups is 3. The fourth-order valence-electron chi connectivity index (χ4n) is 1.89. The number of hydrogen-bond acceptors (Lipinski definition) is 5. The lowest BCUT2D eigenvalue weighted by atomic mass is 10.2. The molecule has 8 heteroatoms. The molecular formula is C17H19N3O4S. The summed E-state index contributed by atoms with van der Waals surface area (Å²) in [4.78, 5) is 36.0. The molecular weight excluding hydrogens is 342 g/mol.